The molecule has 116 valence electrons. The molecule has 0 spiro atoms. The summed E-state index contributed by atoms with van der Waals surface area (Å²) in [6.45, 7) is 0. The first kappa shape index (κ1) is 16.6. The van der Waals surface area contributed by atoms with Gasteiger partial charge in [0.05, 0.1) is 4.90 Å². The lowest BCUT2D eigenvalue weighted by atomic mass is 10.2. The molecule has 22 heavy (non-hydrogen) atoms. The molecule has 0 bridgehead atoms. The zero-order chi connectivity index (χ0) is 16.5. The first-order valence-corrected chi connectivity index (χ1v) is 8.13. The maximum absolute atomic E-state index is 13.7. The van der Waals surface area contributed by atoms with Gasteiger partial charge in [0.15, 0.2) is 0 Å². The summed E-state index contributed by atoms with van der Waals surface area (Å²) < 4.78 is 51.1. The molecule has 0 unspecified atom stereocenters. The predicted octanol–water partition coefficient (Wildman–Crippen LogP) is 2.26. The topological polar surface area (TPSA) is 104 Å². The third-order valence-corrected chi connectivity index (χ3v) is 4.25. The van der Waals surface area contributed by atoms with Crippen LogP contribution in [0.3, 0.4) is 0 Å². The lowest BCUT2D eigenvalue weighted by Crippen LogP contribution is -2.12. The molecule has 2 rings (SSSR count). The van der Waals surface area contributed by atoms with Crippen molar-refractivity contribution in [3.8, 4) is 11.5 Å². The fourth-order valence-corrected chi connectivity index (χ4v) is 2.85. The van der Waals surface area contributed by atoms with Gasteiger partial charge in [-0.2, -0.15) is 0 Å². The van der Waals surface area contributed by atoms with Gasteiger partial charge in [-0.05, 0) is 52.9 Å². The minimum absolute atomic E-state index is 0.0549. The Hall–Kier alpha value is -1.72. The van der Waals surface area contributed by atoms with Crippen LogP contribution in [0.5, 0.6) is 11.5 Å². The highest BCUT2D eigenvalue weighted by molar-refractivity contribution is 14.1. The van der Waals surface area contributed by atoms with E-state index < -0.39 is 26.8 Å². The van der Waals surface area contributed by atoms with Gasteiger partial charge in [-0.15, -0.1) is 0 Å². The minimum atomic E-state index is -4.60. The summed E-state index contributed by atoms with van der Waals surface area (Å²) >= 11 is 1.66. The molecular weight excluding hydrogens is 430 g/mol. The number of ether oxygens (including phenoxy) is 1. The van der Waals surface area contributed by atoms with Crippen molar-refractivity contribution in [1.29, 1.82) is 0 Å². The van der Waals surface area contributed by atoms with Gasteiger partial charge in [-0.1, -0.05) is 0 Å². The highest BCUT2D eigenvalue weighted by Gasteiger charge is 2.19. The summed E-state index contributed by atoms with van der Waals surface area (Å²) in [5.74, 6) is -2.35. The Morgan fingerprint density at radius 1 is 1.23 bits per heavy atom. The van der Waals surface area contributed by atoms with E-state index in [1.165, 1.54) is 6.07 Å². The van der Waals surface area contributed by atoms with Gasteiger partial charge < -0.3 is 14.4 Å². The van der Waals surface area contributed by atoms with E-state index in [0.717, 1.165) is 30.3 Å². The molecule has 0 heterocycles. The molecule has 0 aliphatic carbocycles. The smallest absolute Gasteiger partial charge is 0.347 e. The van der Waals surface area contributed by atoms with E-state index in [1.54, 1.807) is 22.6 Å². The van der Waals surface area contributed by atoms with Crippen molar-refractivity contribution in [3.63, 3.8) is 0 Å². The lowest BCUT2D eigenvalue weighted by molar-refractivity contribution is 0.0728. The van der Waals surface area contributed by atoms with E-state index in [1.807, 2.05) is 0 Å². The van der Waals surface area contributed by atoms with Crippen LogP contribution in [0.2, 0.25) is 0 Å². The maximum atomic E-state index is 13.7. The molecule has 0 aromatic heterocycles. The third kappa shape index (κ3) is 3.72. The van der Waals surface area contributed by atoms with Crippen LogP contribution in [0.1, 0.15) is 10.4 Å². The number of phenols is 1. The number of phenolic OH excluding ortho intramolecular Hbond substituents is 1. The van der Waals surface area contributed by atoms with E-state index in [0.29, 0.717) is 0 Å². The van der Waals surface area contributed by atoms with Crippen molar-refractivity contribution in [2.24, 2.45) is 0 Å². The number of carbonyl (C=O) groups is 1. The van der Waals surface area contributed by atoms with Gasteiger partial charge in [0, 0.05) is 9.64 Å². The standard InChI is InChI=1S/C13H8FIO6S/c14-10-5-7(16)6-11(15)12(10)13(17)21-8-1-3-9(4-2-8)22(18,19)20/h1-6,16H,(H,18,19,20)/p-1. The van der Waals surface area contributed by atoms with Crippen LogP contribution in [-0.4, -0.2) is 24.0 Å². The van der Waals surface area contributed by atoms with Crippen LogP contribution >= 0.6 is 22.6 Å². The number of hydrogen-bond acceptors (Lipinski definition) is 6. The largest absolute Gasteiger partial charge is 0.744 e. The van der Waals surface area contributed by atoms with Gasteiger partial charge in [-0.25, -0.2) is 17.6 Å². The van der Waals surface area contributed by atoms with Crippen molar-refractivity contribution in [1.82, 2.24) is 0 Å². The monoisotopic (exact) mass is 437 g/mol. The van der Waals surface area contributed by atoms with Crippen molar-refractivity contribution in [2.75, 3.05) is 0 Å². The Morgan fingerprint density at radius 3 is 2.32 bits per heavy atom. The fourth-order valence-electron chi connectivity index (χ4n) is 1.59. The van der Waals surface area contributed by atoms with Crippen LogP contribution in [0.4, 0.5) is 4.39 Å². The van der Waals surface area contributed by atoms with Gasteiger partial charge in [-0.3, -0.25) is 0 Å². The second-order valence-electron chi connectivity index (χ2n) is 4.10. The molecule has 0 saturated heterocycles. The van der Waals surface area contributed by atoms with E-state index in [9.17, 15) is 27.3 Å². The van der Waals surface area contributed by atoms with Gasteiger partial charge in [0.25, 0.3) is 0 Å². The Kier molecular flexibility index (Phi) is 4.68. The average Bonchev–Trinajstić information content (AvgIpc) is 2.36. The normalized spacial score (nSPS) is 11.2. The zero-order valence-corrected chi connectivity index (χ0v) is 13.6. The van der Waals surface area contributed by atoms with Crippen LogP contribution in [-0.2, 0) is 10.1 Å². The maximum Gasteiger partial charge on any atom is 0.347 e. The second kappa shape index (κ2) is 6.18. The summed E-state index contributed by atoms with van der Waals surface area (Å²) in [6, 6.07) is 6.12. The summed E-state index contributed by atoms with van der Waals surface area (Å²) in [6.07, 6.45) is 0. The van der Waals surface area contributed by atoms with Crippen LogP contribution < -0.4 is 4.74 Å². The fraction of sp³-hybridized carbons (Fsp3) is 0. The summed E-state index contributed by atoms with van der Waals surface area (Å²) in [4.78, 5) is 11.4. The Bertz CT molecular complexity index is 809. The number of carbonyl (C=O) groups excluding carboxylic acids is 1. The van der Waals surface area contributed by atoms with E-state index in [-0.39, 0.29) is 20.6 Å². The number of aromatic hydroxyl groups is 1. The quantitative estimate of drug-likeness (QED) is 0.342. The molecule has 0 fully saturated rings. The predicted molar refractivity (Wildman–Crippen MR) is 80.1 cm³/mol. The molecule has 0 aliphatic heterocycles. The van der Waals surface area contributed by atoms with Crippen LogP contribution in [0.25, 0.3) is 0 Å². The third-order valence-electron chi connectivity index (χ3n) is 2.55. The Balaban J connectivity index is 2.26. The molecule has 2 aromatic carbocycles. The number of benzene rings is 2. The number of esters is 1. The molecular formula is C13H7FIO6S-. The minimum Gasteiger partial charge on any atom is -0.744 e. The van der Waals surface area contributed by atoms with E-state index >= 15 is 0 Å². The molecule has 0 amide bonds. The van der Waals surface area contributed by atoms with Gasteiger partial charge >= 0.3 is 5.97 Å². The summed E-state index contributed by atoms with van der Waals surface area (Å²) in [7, 11) is -4.60. The van der Waals surface area contributed by atoms with E-state index in [4.69, 9.17) is 4.74 Å². The highest BCUT2D eigenvalue weighted by atomic mass is 127. The number of hydrogen-bond donors (Lipinski definition) is 1. The second-order valence-corrected chi connectivity index (χ2v) is 6.64. The molecule has 0 radical (unpaired) electrons. The van der Waals surface area contributed by atoms with Crippen molar-refractivity contribution in [2.45, 2.75) is 4.90 Å². The molecule has 0 aliphatic rings. The Labute approximate surface area is 138 Å². The lowest BCUT2D eigenvalue weighted by Gasteiger charge is -2.09. The van der Waals surface area contributed by atoms with Crippen LogP contribution in [0.15, 0.2) is 41.3 Å². The van der Waals surface area contributed by atoms with Crippen molar-refractivity contribution >= 4 is 38.7 Å². The molecule has 0 saturated carbocycles. The van der Waals surface area contributed by atoms with Gasteiger partial charge in [0.2, 0.25) is 0 Å². The molecule has 0 atom stereocenters. The summed E-state index contributed by atoms with van der Waals surface area (Å²) in [5.41, 5.74) is -0.362. The molecule has 6 nitrogen and oxygen atoms in total. The summed E-state index contributed by atoms with van der Waals surface area (Å²) in [5, 5.41) is 9.21. The van der Waals surface area contributed by atoms with Crippen LogP contribution in [0, 0.1) is 9.39 Å². The van der Waals surface area contributed by atoms with Gasteiger partial charge in [0.1, 0.15) is 33.0 Å². The SMILES string of the molecule is O=C(Oc1ccc(S(=O)(=O)[O-])cc1)c1c(F)cc(O)cc1I. The average molecular weight is 437 g/mol. The highest BCUT2D eigenvalue weighted by Crippen LogP contribution is 2.24. The molecule has 1 N–H and O–H groups in total. The first-order valence-electron chi connectivity index (χ1n) is 5.64. The molecule has 2 aromatic rings. The number of halogens is 2. The van der Waals surface area contributed by atoms with Crippen molar-refractivity contribution < 1.29 is 32.0 Å². The van der Waals surface area contributed by atoms with E-state index in [2.05, 4.69) is 0 Å². The first-order chi connectivity index (χ1) is 10.2. The van der Waals surface area contributed by atoms with Crippen molar-refractivity contribution in [3.05, 3.63) is 51.3 Å². The Morgan fingerprint density at radius 2 is 1.82 bits per heavy atom. The zero-order valence-electron chi connectivity index (χ0n) is 10.6. The number of rotatable bonds is 3. The molecule has 9 heteroatoms.